The summed E-state index contributed by atoms with van der Waals surface area (Å²) in [7, 11) is 0. The van der Waals surface area contributed by atoms with Crippen LogP contribution in [0.5, 0.6) is 0 Å². The Kier molecular flexibility index (Phi) is 2.57. The topological polar surface area (TPSA) is 46.2 Å². The molecule has 1 aromatic rings. The van der Waals surface area contributed by atoms with E-state index in [-0.39, 0.29) is 12.0 Å². The van der Waals surface area contributed by atoms with Crippen molar-refractivity contribution in [3.8, 4) is 0 Å². The van der Waals surface area contributed by atoms with E-state index in [9.17, 15) is 5.11 Å². The zero-order chi connectivity index (χ0) is 10.0. The van der Waals surface area contributed by atoms with Crippen molar-refractivity contribution in [2.75, 3.05) is 13.2 Å². The Labute approximate surface area is 84.7 Å². The molecular weight excluding hydrogens is 174 g/mol. The second kappa shape index (κ2) is 3.71. The lowest BCUT2D eigenvalue weighted by Crippen LogP contribution is -2.47. The van der Waals surface area contributed by atoms with Gasteiger partial charge in [-0.3, -0.25) is 0 Å². The second-order valence-electron chi connectivity index (χ2n) is 4.23. The highest BCUT2D eigenvalue weighted by Crippen LogP contribution is 2.51. The van der Waals surface area contributed by atoms with Crippen molar-refractivity contribution in [1.82, 2.24) is 0 Å². The Hall–Kier alpha value is -0.860. The van der Waals surface area contributed by atoms with Crippen LogP contribution >= 0.6 is 0 Å². The molecule has 0 saturated heterocycles. The van der Waals surface area contributed by atoms with E-state index in [2.05, 4.69) is 12.1 Å². The van der Waals surface area contributed by atoms with Crippen LogP contribution in [0.15, 0.2) is 30.3 Å². The van der Waals surface area contributed by atoms with E-state index in [1.54, 1.807) is 0 Å². The van der Waals surface area contributed by atoms with Gasteiger partial charge in [-0.2, -0.15) is 0 Å². The third-order valence-corrected chi connectivity index (χ3v) is 3.59. The summed E-state index contributed by atoms with van der Waals surface area (Å²) in [5.74, 6) is 0.457. The normalized spacial score (nSPS) is 31.1. The van der Waals surface area contributed by atoms with Gasteiger partial charge in [0.1, 0.15) is 0 Å². The van der Waals surface area contributed by atoms with Gasteiger partial charge in [0.2, 0.25) is 0 Å². The minimum Gasteiger partial charge on any atom is -0.396 e. The number of rotatable bonds is 3. The molecule has 2 heteroatoms. The highest BCUT2D eigenvalue weighted by atomic mass is 16.3. The van der Waals surface area contributed by atoms with Crippen molar-refractivity contribution in [3.05, 3.63) is 35.9 Å². The van der Waals surface area contributed by atoms with E-state index < -0.39 is 0 Å². The lowest BCUT2D eigenvalue weighted by molar-refractivity contribution is 0.0244. The molecule has 14 heavy (non-hydrogen) atoms. The minimum atomic E-state index is -0.0403. The lowest BCUT2D eigenvalue weighted by Gasteiger charge is -2.48. The van der Waals surface area contributed by atoms with Gasteiger partial charge in [-0.05, 0) is 24.3 Å². The monoisotopic (exact) mass is 191 g/mol. The molecule has 1 aromatic carbocycles. The van der Waals surface area contributed by atoms with Gasteiger partial charge < -0.3 is 10.8 Å². The first-order chi connectivity index (χ1) is 6.82. The lowest BCUT2D eigenvalue weighted by atomic mass is 9.58. The molecule has 0 aromatic heterocycles. The van der Waals surface area contributed by atoms with Gasteiger partial charge in [0.15, 0.2) is 0 Å². The van der Waals surface area contributed by atoms with E-state index in [0.29, 0.717) is 12.5 Å². The third-order valence-electron chi connectivity index (χ3n) is 3.59. The van der Waals surface area contributed by atoms with Gasteiger partial charge in [-0.15, -0.1) is 0 Å². The molecule has 0 spiro atoms. The quantitative estimate of drug-likeness (QED) is 0.760. The number of aliphatic hydroxyl groups excluding tert-OH is 1. The number of aliphatic hydroxyl groups is 1. The molecule has 0 aliphatic heterocycles. The maximum absolute atomic E-state index is 9.39. The standard InChI is InChI=1S/C12H17NO/c13-8-12(9-14)7-6-11(12)10-4-2-1-3-5-10/h1-5,11,14H,6-9,13H2/t11-,12-/m0/s1. The smallest absolute Gasteiger partial charge is 0.0505 e. The molecule has 0 unspecified atom stereocenters. The molecule has 2 rings (SSSR count). The van der Waals surface area contributed by atoms with Gasteiger partial charge in [0.05, 0.1) is 6.61 Å². The third kappa shape index (κ3) is 1.35. The van der Waals surface area contributed by atoms with Crippen LogP contribution in [-0.2, 0) is 0 Å². The summed E-state index contributed by atoms with van der Waals surface area (Å²) >= 11 is 0. The van der Waals surface area contributed by atoms with Crippen LogP contribution in [0.2, 0.25) is 0 Å². The summed E-state index contributed by atoms with van der Waals surface area (Å²) in [5.41, 5.74) is 7.02. The van der Waals surface area contributed by atoms with Crippen LogP contribution in [0, 0.1) is 5.41 Å². The average Bonchev–Trinajstić information content (AvgIpc) is 2.20. The van der Waals surface area contributed by atoms with Crippen molar-refractivity contribution < 1.29 is 5.11 Å². The van der Waals surface area contributed by atoms with Crippen molar-refractivity contribution in [3.63, 3.8) is 0 Å². The largest absolute Gasteiger partial charge is 0.396 e. The van der Waals surface area contributed by atoms with Crippen LogP contribution in [0.25, 0.3) is 0 Å². The number of nitrogens with two attached hydrogens (primary N) is 1. The predicted octanol–water partition coefficient (Wildman–Crippen LogP) is 1.50. The van der Waals surface area contributed by atoms with Gasteiger partial charge in [-0.1, -0.05) is 30.3 Å². The molecule has 3 N–H and O–H groups in total. The zero-order valence-corrected chi connectivity index (χ0v) is 8.32. The zero-order valence-electron chi connectivity index (χ0n) is 8.32. The summed E-state index contributed by atoms with van der Waals surface area (Å²) in [6.45, 7) is 0.798. The first kappa shape index (κ1) is 9.69. The minimum absolute atomic E-state index is 0.0403. The Balaban J connectivity index is 2.21. The number of hydrogen-bond acceptors (Lipinski definition) is 2. The van der Waals surface area contributed by atoms with E-state index in [1.807, 2.05) is 18.2 Å². The fourth-order valence-corrected chi connectivity index (χ4v) is 2.40. The first-order valence-corrected chi connectivity index (χ1v) is 5.18. The van der Waals surface area contributed by atoms with E-state index in [4.69, 9.17) is 5.73 Å². The van der Waals surface area contributed by atoms with Gasteiger partial charge in [-0.25, -0.2) is 0 Å². The van der Waals surface area contributed by atoms with Gasteiger partial charge in [0.25, 0.3) is 0 Å². The molecule has 1 aliphatic rings. The molecular formula is C12H17NO. The van der Waals surface area contributed by atoms with Crippen molar-refractivity contribution in [2.24, 2.45) is 11.1 Å². The van der Waals surface area contributed by atoms with Crippen LogP contribution in [0.4, 0.5) is 0 Å². The van der Waals surface area contributed by atoms with Gasteiger partial charge >= 0.3 is 0 Å². The fraction of sp³-hybridized carbons (Fsp3) is 0.500. The van der Waals surface area contributed by atoms with Crippen molar-refractivity contribution >= 4 is 0 Å². The van der Waals surface area contributed by atoms with Crippen molar-refractivity contribution in [2.45, 2.75) is 18.8 Å². The summed E-state index contributed by atoms with van der Waals surface area (Å²) in [4.78, 5) is 0. The van der Waals surface area contributed by atoms with E-state index in [1.165, 1.54) is 5.56 Å². The molecule has 76 valence electrons. The molecule has 0 radical (unpaired) electrons. The Morgan fingerprint density at radius 3 is 2.50 bits per heavy atom. The molecule has 0 heterocycles. The molecule has 2 atom stereocenters. The average molecular weight is 191 g/mol. The maximum atomic E-state index is 9.39. The summed E-state index contributed by atoms with van der Waals surface area (Å²) in [6.07, 6.45) is 2.21. The molecule has 1 aliphatic carbocycles. The highest BCUT2D eigenvalue weighted by molar-refractivity contribution is 5.25. The molecule has 1 fully saturated rings. The van der Waals surface area contributed by atoms with Gasteiger partial charge in [0, 0.05) is 12.0 Å². The van der Waals surface area contributed by atoms with Crippen LogP contribution in [-0.4, -0.2) is 18.3 Å². The Morgan fingerprint density at radius 1 is 1.36 bits per heavy atom. The molecule has 1 saturated carbocycles. The van der Waals surface area contributed by atoms with Crippen LogP contribution < -0.4 is 5.73 Å². The van der Waals surface area contributed by atoms with E-state index in [0.717, 1.165) is 12.8 Å². The van der Waals surface area contributed by atoms with Crippen LogP contribution in [0.1, 0.15) is 24.3 Å². The summed E-state index contributed by atoms with van der Waals surface area (Å²) in [5, 5.41) is 9.39. The SMILES string of the molecule is NC[C@]1(CO)CC[C@H]1c1ccccc1. The molecule has 0 amide bonds. The fourth-order valence-electron chi connectivity index (χ4n) is 2.40. The van der Waals surface area contributed by atoms with Crippen LogP contribution in [0.3, 0.4) is 0 Å². The second-order valence-corrected chi connectivity index (χ2v) is 4.23. The number of benzene rings is 1. The Morgan fingerprint density at radius 2 is 2.07 bits per heavy atom. The number of hydrogen-bond donors (Lipinski definition) is 2. The molecule has 0 bridgehead atoms. The maximum Gasteiger partial charge on any atom is 0.0505 e. The molecule has 2 nitrogen and oxygen atoms in total. The van der Waals surface area contributed by atoms with E-state index >= 15 is 0 Å². The van der Waals surface area contributed by atoms with Crippen molar-refractivity contribution in [1.29, 1.82) is 0 Å². The summed E-state index contributed by atoms with van der Waals surface area (Å²) < 4.78 is 0. The first-order valence-electron chi connectivity index (χ1n) is 5.18. The summed E-state index contributed by atoms with van der Waals surface area (Å²) in [6, 6.07) is 10.4. The predicted molar refractivity (Wildman–Crippen MR) is 57.0 cm³/mol. The highest BCUT2D eigenvalue weighted by Gasteiger charge is 2.45. The Bertz CT molecular complexity index is 287.